The second-order valence-corrected chi connectivity index (χ2v) is 8.66. The molecule has 8 heteroatoms. The minimum Gasteiger partial charge on any atom is -0.353 e. The van der Waals surface area contributed by atoms with E-state index in [0.717, 1.165) is 6.42 Å². The predicted molar refractivity (Wildman–Crippen MR) is 118 cm³/mol. The number of hydrogen-bond donors (Lipinski definition) is 2. The molecule has 1 atom stereocenters. The number of halogens is 1. The lowest BCUT2D eigenvalue weighted by atomic mass is 9.95. The molecule has 1 fully saturated rings. The van der Waals surface area contributed by atoms with Gasteiger partial charge in [-0.25, -0.2) is 9.37 Å². The largest absolute Gasteiger partial charge is 0.353 e. The van der Waals surface area contributed by atoms with E-state index in [0.29, 0.717) is 53.2 Å². The number of thiophene rings is 1. The van der Waals surface area contributed by atoms with Crippen LogP contribution in [0.4, 0.5) is 10.3 Å². The Bertz CT molecular complexity index is 1120. The number of hydrogen-bond acceptors (Lipinski definition) is 5. The van der Waals surface area contributed by atoms with Crippen molar-refractivity contribution in [3.05, 3.63) is 45.8 Å². The molecule has 2 N–H and O–H groups in total. The maximum absolute atomic E-state index is 14.3. The number of rotatable bonds is 5. The van der Waals surface area contributed by atoms with E-state index in [1.165, 1.54) is 17.4 Å². The fourth-order valence-corrected chi connectivity index (χ4v) is 4.65. The molecular formula is C22H25FN4O2S. The van der Waals surface area contributed by atoms with E-state index in [9.17, 15) is 14.0 Å². The van der Waals surface area contributed by atoms with Crippen molar-refractivity contribution in [2.45, 2.75) is 39.2 Å². The molecular weight excluding hydrogens is 403 g/mol. The minimum absolute atomic E-state index is 0.0270. The number of aromatic nitrogens is 2. The standard InChI is InChI=1S/C22H25FN4O2S/c1-3-13(2)24-20(28)14-8-10-27(11-9-14)22-25-18-16(12-30-19(18)21(29)26-22)15-6-4-5-7-17(15)23/h4-7,12-14H,3,8-11H2,1-2H3,(H,24,28)(H,25,26,29)/t13-/m1/s1. The van der Waals surface area contributed by atoms with Gasteiger partial charge in [0.15, 0.2) is 0 Å². The van der Waals surface area contributed by atoms with Gasteiger partial charge in [-0.2, -0.15) is 0 Å². The van der Waals surface area contributed by atoms with E-state index < -0.39 is 0 Å². The van der Waals surface area contributed by atoms with Gasteiger partial charge in [0.25, 0.3) is 5.56 Å². The first-order chi connectivity index (χ1) is 14.5. The van der Waals surface area contributed by atoms with Gasteiger partial charge in [0.05, 0.1) is 5.52 Å². The smallest absolute Gasteiger partial charge is 0.270 e. The summed E-state index contributed by atoms with van der Waals surface area (Å²) >= 11 is 1.27. The molecule has 4 rings (SSSR count). The zero-order valence-corrected chi connectivity index (χ0v) is 17.9. The molecule has 0 saturated carbocycles. The van der Waals surface area contributed by atoms with Crippen molar-refractivity contribution in [3.63, 3.8) is 0 Å². The van der Waals surface area contributed by atoms with Crippen molar-refractivity contribution < 1.29 is 9.18 Å². The molecule has 2 aromatic heterocycles. The van der Waals surface area contributed by atoms with Crippen LogP contribution in [-0.4, -0.2) is 35.0 Å². The van der Waals surface area contributed by atoms with Crippen LogP contribution in [0, 0.1) is 11.7 Å². The third kappa shape index (κ3) is 3.96. The first kappa shape index (κ1) is 20.5. The highest BCUT2D eigenvalue weighted by molar-refractivity contribution is 7.17. The zero-order valence-electron chi connectivity index (χ0n) is 17.1. The highest BCUT2D eigenvalue weighted by Gasteiger charge is 2.27. The Balaban J connectivity index is 1.57. The number of carbonyl (C=O) groups excluding carboxylic acids is 1. The molecule has 3 aromatic rings. The fourth-order valence-electron chi connectivity index (χ4n) is 3.75. The van der Waals surface area contributed by atoms with E-state index >= 15 is 0 Å². The number of benzene rings is 1. The van der Waals surface area contributed by atoms with Crippen LogP contribution < -0.4 is 15.8 Å². The number of anilines is 1. The summed E-state index contributed by atoms with van der Waals surface area (Å²) in [6.07, 6.45) is 2.31. The van der Waals surface area contributed by atoms with E-state index in [1.54, 1.807) is 23.6 Å². The van der Waals surface area contributed by atoms with Gasteiger partial charge in [-0.05, 0) is 32.3 Å². The van der Waals surface area contributed by atoms with Crippen LogP contribution in [0.5, 0.6) is 0 Å². The second kappa shape index (κ2) is 8.55. The van der Waals surface area contributed by atoms with E-state index in [-0.39, 0.29) is 29.2 Å². The van der Waals surface area contributed by atoms with Crippen molar-refractivity contribution in [1.82, 2.24) is 15.3 Å². The topological polar surface area (TPSA) is 78.1 Å². The number of amides is 1. The van der Waals surface area contributed by atoms with Crippen LogP contribution in [0.3, 0.4) is 0 Å². The molecule has 1 aliphatic rings. The number of aromatic amines is 1. The summed E-state index contributed by atoms with van der Waals surface area (Å²) in [4.78, 5) is 34.6. The first-order valence-corrected chi connectivity index (χ1v) is 11.2. The Morgan fingerprint density at radius 3 is 2.77 bits per heavy atom. The molecule has 30 heavy (non-hydrogen) atoms. The highest BCUT2D eigenvalue weighted by Crippen LogP contribution is 2.33. The zero-order chi connectivity index (χ0) is 21.3. The number of nitrogens with one attached hydrogen (secondary N) is 2. The summed E-state index contributed by atoms with van der Waals surface area (Å²) in [6.45, 7) is 5.31. The maximum Gasteiger partial charge on any atom is 0.270 e. The number of carbonyl (C=O) groups is 1. The molecule has 6 nitrogen and oxygen atoms in total. The number of fused-ring (bicyclic) bond motifs is 1. The monoisotopic (exact) mass is 428 g/mol. The third-order valence-corrected chi connectivity index (χ3v) is 6.71. The minimum atomic E-state index is -0.339. The summed E-state index contributed by atoms with van der Waals surface area (Å²) in [5, 5.41) is 4.83. The molecule has 1 aliphatic heterocycles. The van der Waals surface area contributed by atoms with E-state index in [1.807, 2.05) is 18.7 Å². The molecule has 0 aliphatic carbocycles. The average molecular weight is 429 g/mol. The molecule has 158 valence electrons. The molecule has 1 amide bonds. The summed E-state index contributed by atoms with van der Waals surface area (Å²) in [5.41, 5.74) is 1.36. The normalized spacial score (nSPS) is 16.0. The van der Waals surface area contributed by atoms with Crippen molar-refractivity contribution in [2.75, 3.05) is 18.0 Å². The molecule has 0 unspecified atom stereocenters. The van der Waals surface area contributed by atoms with E-state index in [2.05, 4.69) is 15.3 Å². The third-order valence-electron chi connectivity index (χ3n) is 5.74. The van der Waals surface area contributed by atoms with Crippen LogP contribution in [-0.2, 0) is 4.79 Å². The van der Waals surface area contributed by atoms with Gasteiger partial charge in [-0.1, -0.05) is 25.1 Å². The Morgan fingerprint density at radius 1 is 1.33 bits per heavy atom. The Morgan fingerprint density at radius 2 is 2.07 bits per heavy atom. The first-order valence-electron chi connectivity index (χ1n) is 10.3. The number of piperidine rings is 1. The van der Waals surface area contributed by atoms with Crippen molar-refractivity contribution in [2.24, 2.45) is 5.92 Å². The van der Waals surface area contributed by atoms with Gasteiger partial charge in [-0.15, -0.1) is 11.3 Å². The van der Waals surface area contributed by atoms with Crippen molar-refractivity contribution in [1.29, 1.82) is 0 Å². The average Bonchev–Trinajstić information content (AvgIpc) is 3.18. The summed E-state index contributed by atoms with van der Waals surface area (Å²) in [6, 6.07) is 6.68. The van der Waals surface area contributed by atoms with Gasteiger partial charge >= 0.3 is 0 Å². The highest BCUT2D eigenvalue weighted by atomic mass is 32.1. The predicted octanol–water partition coefficient (Wildman–Crippen LogP) is 3.92. The van der Waals surface area contributed by atoms with Crippen LogP contribution >= 0.6 is 11.3 Å². The summed E-state index contributed by atoms with van der Waals surface area (Å²) < 4.78 is 14.8. The number of nitrogens with zero attached hydrogens (tertiary/aromatic N) is 2. The molecule has 1 saturated heterocycles. The second-order valence-electron chi connectivity index (χ2n) is 7.78. The maximum atomic E-state index is 14.3. The molecule has 0 spiro atoms. The van der Waals surface area contributed by atoms with Gasteiger partial charge < -0.3 is 10.2 Å². The SMILES string of the molecule is CC[C@@H](C)NC(=O)C1CCN(c2nc3c(-c4ccccc4F)csc3c(=O)[nH]2)CC1. The number of H-pyrrole nitrogens is 1. The van der Waals surface area contributed by atoms with Gasteiger partial charge in [0, 0.05) is 41.6 Å². The Kier molecular flexibility index (Phi) is 5.85. The van der Waals surface area contributed by atoms with Gasteiger partial charge in [-0.3, -0.25) is 14.6 Å². The van der Waals surface area contributed by atoms with Crippen LogP contribution in [0.2, 0.25) is 0 Å². The molecule has 0 bridgehead atoms. The lowest BCUT2D eigenvalue weighted by Crippen LogP contribution is -2.43. The quantitative estimate of drug-likeness (QED) is 0.646. The van der Waals surface area contributed by atoms with E-state index in [4.69, 9.17) is 0 Å². The van der Waals surface area contributed by atoms with Crippen LogP contribution in [0.1, 0.15) is 33.1 Å². The van der Waals surface area contributed by atoms with Gasteiger partial charge in [0.1, 0.15) is 10.5 Å². The Labute approximate surface area is 178 Å². The van der Waals surface area contributed by atoms with Crippen molar-refractivity contribution >= 4 is 33.4 Å². The Hall–Kier alpha value is -2.74. The lowest BCUT2D eigenvalue weighted by molar-refractivity contribution is -0.126. The van der Waals surface area contributed by atoms with Crippen LogP contribution in [0.15, 0.2) is 34.4 Å². The summed E-state index contributed by atoms with van der Waals surface area (Å²) in [5.74, 6) is 0.208. The summed E-state index contributed by atoms with van der Waals surface area (Å²) in [7, 11) is 0. The molecule has 0 radical (unpaired) electrons. The molecule has 3 heterocycles. The van der Waals surface area contributed by atoms with Crippen LogP contribution in [0.25, 0.3) is 21.3 Å². The lowest BCUT2D eigenvalue weighted by Gasteiger charge is -2.32. The fraction of sp³-hybridized carbons (Fsp3) is 0.409. The van der Waals surface area contributed by atoms with Gasteiger partial charge in [0.2, 0.25) is 11.9 Å². The molecule has 1 aromatic carbocycles. The van der Waals surface area contributed by atoms with Crippen molar-refractivity contribution in [3.8, 4) is 11.1 Å².